The normalized spacial score (nSPS) is 10.5. The molecule has 0 spiro atoms. The van der Waals surface area contributed by atoms with E-state index in [1.807, 2.05) is 30.5 Å². The largest absolute Gasteiger partial charge is 0.497 e. The van der Waals surface area contributed by atoms with Gasteiger partial charge in [-0.05, 0) is 30.1 Å². The van der Waals surface area contributed by atoms with Crippen LogP contribution in [0.3, 0.4) is 0 Å². The van der Waals surface area contributed by atoms with Crippen LogP contribution in [0.2, 0.25) is 0 Å². The minimum absolute atomic E-state index is 0.614. The molecule has 1 aromatic heterocycles. The molecule has 3 nitrogen and oxygen atoms in total. The second-order valence-electron chi connectivity index (χ2n) is 3.38. The van der Waals surface area contributed by atoms with Crippen LogP contribution in [0, 0.1) is 0 Å². The van der Waals surface area contributed by atoms with Gasteiger partial charge in [-0.1, -0.05) is 6.07 Å². The standard InChI is InChI=1S/C12H14N2O/c1-15-10-3-2-9-5-7-14-12(4-6-13)11(9)8-10/h2-3,5,7-8H,4,6,13H2,1H3. The zero-order valence-corrected chi connectivity index (χ0v) is 8.73. The molecule has 0 aliphatic carbocycles. The van der Waals surface area contributed by atoms with Crippen LogP contribution in [0.15, 0.2) is 30.5 Å². The number of hydrogen-bond acceptors (Lipinski definition) is 3. The summed E-state index contributed by atoms with van der Waals surface area (Å²) in [4.78, 5) is 4.34. The molecule has 2 N–H and O–H groups in total. The van der Waals surface area contributed by atoms with Crippen LogP contribution in [0.1, 0.15) is 5.69 Å². The average molecular weight is 202 g/mol. The third kappa shape index (κ3) is 1.92. The van der Waals surface area contributed by atoms with Crippen molar-refractivity contribution in [3.05, 3.63) is 36.2 Å². The van der Waals surface area contributed by atoms with Crippen molar-refractivity contribution >= 4 is 10.8 Å². The van der Waals surface area contributed by atoms with Crippen molar-refractivity contribution in [2.75, 3.05) is 13.7 Å². The highest BCUT2D eigenvalue weighted by Gasteiger charge is 2.02. The van der Waals surface area contributed by atoms with Crippen LogP contribution < -0.4 is 10.5 Å². The molecule has 1 aromatic carbocycles. The fourth-order valence-corrected chi connectivity index (χ4v) is 1.67. The van der Waals surface area contributed by atoms with Crippen molar-refractivity contribution < 1.29 is 4.74 Å². The molecular formula is C12H14N2O. The Morgan fingerprint density at radius 2 is 2.20 bits per heavy atom. The van der Waals surface area contributed by atoms with Gasteiger partial charge in [-0.2, -0.15) is 0 Å². The van der Waals surface area contributed by atoms with Crippen LogP contribution in [0.25, 0.3) is 10.8 Å². The third-order valence-corrected chi connectivity index (χ3v) is 2.44. The molecular weight excluding hydrogens is 188 g/mol. The van der Waals surface area contributed by atoms with Crippen LogP contribution in [-0.2, 0) is 6.42 Å². The van der Waals surface area contributed by atoms with Crippen LogP contribution in [0.4, 0.5) is 0 Å². The summed E-state index contributed by atoms with van der Waals surface area (Å²) >= 11 is 0. The fourth-order valence-electron chi connectivity index (χ4n) is 1.67. The van der Waals surface area contributed by atoms with Gasteiger partial charge in [0.15, 0.2) is 0 Å². The van der Waals surface area contributed by atoms with Crippen molar-refractivity contribution in [1.29, 1.82) is 0 Å². The van der Waals surface area contributed by atoms with Crippen LogP contribution in [-0.4, -0.2) is 18.6 Å². The first-order valence-electron chi connectivity index (χ1n) is 4.97. The summed E-state index contributed by atoms with van der Waals surface area (Å²) in [6.45, 7) is 0.614. The molecule has 15 heavy (non-hydrogen) atoms. The van der Waals surface area contributed by atoms with Gasteiger partial charge in [0.1, 0.15) is 5.75 Å². The molecule has 0 saturated heterocycles. The zero-order valence-electron chi connectivity index (χ0n) is 8.73. The monoisotopic (exact) mass is 202 g/mol. The summed E-state index contributed by atoms with van der Waals surface area (Å²) in [5.74, 6) is 0.855. The third-order valence-electron chi connectivity index (χ3n) is 2.44. The number of aromatic nitrogens is 1. The highest BCUT2D eigenvalue weighted by Crippen LogP contribution is 2.22. The number of methoxy groups -OCH3 is 1. The van der Waals surface area contributed by atoms with Crippen molar-refractivity contribution in [1.82, 2.24) is 4.98 Å². The lowest BCUT2D eigenvalue weighted by atomic mass is 10.1. The summed E-state index contributed by atoms with van der Waals surface area (Å²) in [7, 11) is 1.67. The molecule has 0 saturated carbocycles. The van der Waals surface area contributed by atoms with Gasteiger partial charge in [0.2, 0.25) is 0 Å². The Hall–Kier alpha value is -1.61. The van der Waals surface area contributed by atoms with E-state index in [0.29, 0.717) is 6.54 Å². The van der Waals surface area contributed by atoms with E-state index in [9.17, 15) is 0 Å². The quantitative estimate of drug-likeness (QED) is 0.824. The molecule has 0 aliphatic heterocycles. The van der Waals surface area contributed by atoms with E-state index in [0.717, 1.165) is 23.3 Å². The zero-order chi connectivity index (χ0) is 10.7. The van der Waals surface area contributed by atoms with Crippen LogP contribution >= 0.6 is 0 Å². The second kappa shape index (κ2) is 4.28. The summed E-state index contributed by atoms with van der Waals surface area (Å²) in [5, 5.41) is 2.30. The number of rotatable bonds is 3. The summed E-state index contributed by atoms with van der Waals surface area (Å²) < 4.78 is 5.20. The van der Waals surface area contributed by atoms with Gasteiger partial charge in [-0.15, -0.1) is 0 Å². The molecule has 1 heterocycles. The predicted octanol–water partition coefficient (Wildman–Crippen LogP) is 1.74. The molecule has 0 radical (unpaired) electrons. The first-order valence-corrected chi connectivity index (χ1v) is 4.97. The highest BCUT2D eigenvalue weighted by atomic mass is 16.5. The predicted molar refractivity (Wildman–Crippen MR) is 61.1 cm³/mol. The van der Waals surface area contributed by atoms with Gasteiger partial charge in [-0.25, -0.2) is 0 Å². The van der Waals surface area contributed by atoms with E-state index in [-0.39, 0.29) is 0 Å². The van der Waals surface area contributed by atoms with Gasteiger partial charge in [0.25, 0.3) is 0 Å². The maximum atomic E-state index is 5.55. The van der Waals surface area contributed by atoms with Crippen molar-refractivity contribution in [2.24, 2.45) is 5.73 Å². The molecule has 2 aromatic rings. The lowest BCUT2D eigenvalue weighted by Crippen LogP contribution is -2.04. The summed E-state index contributed by atoms with van der Waals surface area (Å²) in [5.41, 5.74) is 6.59. The summed E-state index contributed by atoms with van der Waals surface area (Å²) in [6, 6.07) is 7.99. The molecule has 0 fully saturated rings. The van der Waals surface area contributed by atoms with Gasteiger partial charge in [0, 0.05) is 23.7 Å². The van der Waals surface area contributed by atoms with Crippen molar-refractivity contribution in [2.45, 2.75) is 6.42 Å². The molecule has 0 unspecified atom stereocenters. The number of fused-ring (bicyclic) bond motifs is 1. The highest BCUT2D eigenvalue weighted by molar-refractivity contribution is 5.85. The maximum absolute atomic E-state index is 5.55. The minimum atomic E-state index is 0.614. The number of hydrogen-bond donors (Lipinski definition) is 1. The van der Waals surface area contributed by atoms with Crippen LogP contribution in [0.5, 0.6) is 5.75 Å². The number of pyridine rings is 1. The van der Waals surface area contributed by atoms with Gasteiger partial charge in [-0.3, -0.25) is 4.98 Å². The smallest absolute Gasteiger partial charge is 0.119 e. The second-order valence-corrected chi connectivity index (χ2v) is 3.38. The Kier molecular flexibility index (Phi) is 2.83. The molecule has 3 heteroatoms. The first-order chi connectivity index (χ1) is 7.35. The van der Waals surface area contributed by atoms with Gasteiger partial charge < -0.3 is 10.5 Å². The Labute approximate surface area is 88.9 Å². The van der Waals surface area contributed by atoms with Gasteiger partial charge in [0.05, 0.1) is 7.11 Å². The Balaban J connectivity index is 2.59. The molecule has 2 rings (SSSR count). The molecule has 78 valence electrons. The van der Waals surface area contributed by atoms with E-state index in [1.165, 1.54) is 5.39 Å². The van der Waals surface area contributed by atoms with Gasteiger partial charge >= 0.3 is 0 Å². The Bertz CT molecular complexity index is 468. The molecule has 0 bridgehead atoms. The fraction of sp³-hybridized carbons (Fsp3) is 0.250. The van der Waals surface area contributed by atoms with E-state index >= 15 is 0 Å². The lowest BCUT2D eigenvalue weighted by molar-refractivity contribution is 0.415. The maximum Gasteiger partial charge on any atom is 0.119 e. The van der Waals surface area contributed by atoms with Crippen molar-refractivity contribution in [3.8, 4) is 5.75 Å². The number of benzene rings is 1. The lowest BCUT2D eigenvalue weighted by Gasteiger charge is -2.06. The molecule has 0 atom stereocenters. The number of nitrogens with two attached hydrogens (primary N) is 1. The van der Waals surface area contributed by atoms with E-state index in [2.05, 4.69) is 4.98 Å². The van der Waals surface area contributed by atoms with Crippen molar-refractivity contribution in [3.63, 3.8) is 0 Å². The van der Waals surface area contributed by atoms with E-state index < -0.39 is 0 Å². The summed E-state index contributed by atoms with van der Waals surface area (Å²) in [6.07, 6.45) is 2.62. The average Bonchev–Trinajstić information content (AvgIpc) is 2.29. The Morgan fingerprint density at radius 1 is 1.33 bits per heavy atom. The first kappa shape index (κ1) is 9.93. The number of ether oxygens (including phenoxy) is 1. The van der Waals surface area contributed by atoms with E-state index in [1.54, 1.807) is 7.11 Å². The Morgan fingerprint density at radius 3 is 2.93 bits per heavy atom. The SMILES string of the molecule is COc1ccc2ccnc(CCN)c2c1. The minimum Gasteiger partial charge on any atom is -0.497 e. The molecule has 0 aliphatic rings. The topological polar surface area (TPSA) is 48.1 Å². The number of nitrogens with zero attached hydrogens (tertiary/aromatic N) is 1. The van der Waals surface area contributed by atoms with E-state index in [4.69, 9.17) is 10.5 Å². The molecule has 0 amide bonds.